The summed E-state index contributed by atoms with van der Waals surface area (Å²) in [5.41, 5.74) is 0. The van der Waals surface area contributed by atoms with E-state index in [1.165, 1.54) is 0 Å². The average molecular weight is 212 g/mol. The summed E-state index contributed by atoms with van der Waals surface area (Å²) in [5, 5.41) is 9.36. The molecule has 0 radical (unpaired) electrons. The van der Waals surface area contributed by atoms with E-state index in [0.29, 0.717) is 6.04 Å². The van der Waals surface area contributed by atoms with Gasteiger partial charge in [0.05, 0.1) is 0 Å². The third-order valence-electron chi connectivity index (χ3n) is 2.49. The smallest absolute Gasteiger partial charge is 0.208 e. The predicted molar refractivity (Wildman–Crippen MR) is 60.2 cm³/mol. The minimum absolute atomic E-state index is 0.589. The fourth-order valence-corrected chi connectivity index (χ4v) is 2.18. The number of hydrogen-bond donors (Lipinski definition) is 0. The van der Waals surface area contributed by atoms with Gasteiger partial charge < -0.3 is 9.80 Å². The first-order chi connectivity index (χ1) is 6.69. The summed E-state index contributed by atoms with van der Waals surface area (Å²) >= 11 is 1.54. The molecule has 0 bridgehead atoms. The first-order valence-corrected chi connectivity index (χ1v) is 5.83. The lowest BCUT2D eigenvalue weighted by Crippen LogP contribution is -2.33. The van der Waals surface area contributed by atoms with Crippen molar-refractivity contribution >= 4 is 16.9 Å². The van der Waals surface area contributed by atoms with Crippen molar-refractivity contribution in [1.82, 2.24) is 9.80 Å². The van der Waals surface area contributed by atoms with E-state index in [-0.39, 0.29) is 0 Å². The molecule has 78 valence electrons. The topological polar surface area (TPSA) is 42.6 Å². The molecule has 0 aliphatic carbocycles. The van der Waals surface area contributed by atoms with Gasteiger partial charge in [0.2, 0.25) is 6.19 Å². The first kappa shape index (κ1) is 11.3. The number of nitriles is 1. The lowest BCUT2D eigenvalue weighted by atomic mass is 10.2. The average Bonchev–Trinajstić information content (AvgIpc) is 2.63. The molecule has 1 fully saturated rings. The van der Waals surface area contributed by atoms with Gasteiger partial charge in [0, 0.05) is 19.1 Å². The van der Waals surface area contributed by atoms with Gasteiger partial charge in [-0.15, -0.1) is 4.99 Å². The number of thioether (sulfide) groups is 1. The number of likely N-dealkylation sites (tertiary alicyclic amines) is 1. The van der Waals surface area contributed by atoms with Gasteiger partial charge in [0.1, 0.15) is 0 Å². The van der Waals surface area contributed by atoms with Crippen molar-refractivity contribution in [3.63, 3.8) is 0 Å². The summed E-state index contributed by atoms with van der Waals surface area (Å²) in [6, 6.07) is 0.589. The second kappa shape index (κ2) is 5.23. The van der Waals surface area contributed by atoms with E-state index in [4.69, 9.17) is 5.26 Å². The van der Waals surface area contributed by atoms with E-state index in [1.54, 1.807) is 11.8 Å². The van der Waals surface area contributed by atoms with Crippen molar-refractivity contribution in [1.29, 1.82) is 5.26 Å². The maximum absolute atomic E-state index is 8.52. The zero-order valence-corrected chi connectivity index (χ0v) is 9.71. The monoisotopic (exact) mass is 212 g/mol. The zero-order valence-electron chi connectivity index (χ0n) is 8.90. The van der Waals surface area contributed by atoms with E-state index in [9.17, 15) is 0 Å². The molecule has 0 aromatic carbocycles. The molecule has 1 atom stereocenters. The van der Waals surface area contributed by atoms with Crippen LogP contribution in [0.2, 0.25) is 0 Å². The van der Waals surface area contributed by atoms with Gasteiger partial charge in [-0.3, -0.25) is 0 Å². The molecular formula is C9H16N4S. The summed E-state index contributed by atoms with van der Waals surface area (Å²) in [5.74, 6) is 0. The highest BCUT2D eigenvalue weighted by molar-refractivity contribution is 8.13. The Morgan fingerprint density at radius 2 is 2.36 bits per heavy atom. The Morgan fingerprint density at radius 3 is 2.79 bits per heavy atom. The molecule has 5 heteroatoms. The second-order valence-electron chi connectivity index (χ2n) is 3.55. The number of aliphatic imine (C=N–C) groups is 1. The van der Waals surface area contributed by atoms with Crippen LogP contribution in [0.4, 0.5) is 0 Å². The van der Waals surface area contributed by atoms with Gasteiger partial charge in [-0.1, -0.05) is 11.8 Å². The standard InChI is InChI=1S/C9H16N4S/c1-12(2)8-4-5-13(6-8)9(14-3)11-7-10/h8H,4-6H2,1-3H3. The third-order valence-corrected chi connectivity index (χ3v) is 3.21. The van der Waals surface area contributed by atoms with Gasteiger partial charge in [-0.25, -0.2) is 0 Å². The minimum atomic E-state index is 0.589. The molecule has 14 heavy (non-hydrogen) atoms. The predicted octanol–water partition coefficient (Wildman–Crippen LogP) is 0.822. The molecule has 0 aromatic heterocycles. The summed E-state index contributed by atoms with van der Waals surface area (Å²) < 4.78 is 0. The van der Waals surface area contributed by atoms with Crippen molar-refractivity contribution < 1.29 is 0 Å². The molecular weight excluding hydrogens is 196 g/mol. The molecule has 1 aliphatic rings. The number of amidine groups is 1. The highest BCUT2D eigenvalue weighted by Crippen LogP contribution is 2.17. The molecule has 1 saturated heterocycles. The Hall–Kier alpha value is -0.730. The maximum atomic E-state index is 8.52. The lowest BCUT2D eigenvalue weighted by molar-refractivity contribution is 0.302. The fraction of sp³-hybridized carbons (Fsp3) is 0.778. The summed E-state index contributed by atoms with van der Waals surface area (Å²) in [4.78, 5) is 8.22. The van der Waals surface area contributed by atoms with Gasteiger partial charge in [0.25, 0.3) is 0 Å². The van der Waals surface area contributed by atoms with Crippen molar-refractivity contribution in [2.75, 3.05) is 33.4 Å². The Balaban J connectivity index is 2.57. The van der Waals surface area contributed by atoms with Gasteiger partial charge >= 0.3 is 0 Å². The highest BCUT2D eigenvalue weighted by Gasteiger charge is 2.25. The van der Waals surface area contributed by atoms with Crippen LogP contribution < -0.4 is 0 Å². The second-order valence-corrected chi connectivity index (χ2v) is 4.32. The Morgan fingerprint density at radius 1 is 1.64 bits per heavy atom. The van der Waals surface area contributed by atoms with E-state index in [1.807, 2.05) is 12.4 Å². The molecule has 0 amide bonds. The molecule has 0 N–H and O–H groups in total. The molecule has 0 saturated carbocycles. The maximum Gasteiger partial charge on any atom is 0.208 e. The molecule has 0 aromatic rings. The van der Waals surface area contributed by atoms with Crippen LogP contribution in [-0.2, 0) is 0 Å². The van der Waals surface area contributed by atoms with E-state index in [0.717, 1.165) is 24.7 Å². The van der Waals surface area contributed by atoms with Crippen molar-refractivity contribution in [3.05, 3.63) is 0 Å². The third kappa shape index (κ3) is 2.63. The minimum Gasteiger partial charge on any atom is -0.349 e. The van der Waals surface area contributed by atoms with E-state index < -0.39 is 0 Å². The van der Waals surface area contributed by atoms with Crippen LogP contribution in [0.1, 0.15) is 6.42 Å². The van der Waals surface area contributed by atoms with E-state index in [2.05, 4.69) is 28.9 Å². The highest BCUT2D eigenvalue weighted by atomic mass is 32.2. The van der Waals surface area contributed by atoms with Crippen LogP contribution >= 0.6 is 11.8 Å². The lowest BCUT2D eigenvalue weighted by Gasteiger charge is -2.21. The molecule has 1 aliphatic heterocycles. The van der Waals surface area contributed by atoms with Crippen molar-refractivity contribution in [2.24, 2.45) is 4.99 Å². The van der Waals surface area contributed by atoms with Crippen LogP contribution in [0, 0.1) is 11.5 Å². The van der Waals surface area contributed by atoms with Crippen molar-refractivity contribution in [2.45, 2.75) is 12.5 Å². The molecule has 4 nitrogen and oxygen atoms in total. The van der Waals surface area contributed by atoms with Gasteiger partial charge in [-0.05, 0) is 26.8 Å². The van der Waals surface area contributed by atoms with Crippen LogP contribution in [0.25, 0.3) is 0 Å². The number of nitrogens with zero attached hydrogens (tertiary/aromatic N) is 4. The normalized spacial score (nSPS) is 22.9. The number of rotatable bonds is 1. The number of hydrogen-bond acceptors (Lipinski definition) is 4. The van der Waals surface area contributed by atoms with Crippen LogP contribution in [-0.4, -0.2) is 54.4 Å². The van der Waals surface area contributed by atoms with Crippen LogP contribution in [0.15, 0.2) is 4.99 Å². The first-order valence-electron chi connectivity index (χ1n) is 4.61. The van der Waals surface area contributed by atoms with Crippen LogP contribution in [0.5, 0.6) is 0 Å². The summed E-state index contributed by atoms with van der Waals surface area (Å²) in [6.07, 6.45) is 4.96. The van der Waals surface area contributed by atoms with Crippen molar-refractivity contribution in [3.8, 4) is 6.19 Å². The zero-order chi connectivity index (χ0) is 10.6. The molecule has 1 unspecified atom stereocenters. The van der Waals surface area contributed by atoms with Crippen LogP contribution in [0.3, 0.4) is 0 Å². The molecule has 1 heterocycles. The Bertz CT molecular complexity index is 256. The largest absolute Gasteiger partial charge is 0.349 e. The summed E-state index contributed by atoms with van der Waals surface area (Å²) in [7, 11) is 4.18. The number of likely N-dealkylation sites (N-methyl/N-ethyl adjacent to an activating group) is 1. The van der Waals surface area contributed by atoms with E-state index >= 15 is 0 Å². The SMILES string of the molecule is CSC(=NC#N)N1CCC(N(C)C)C1. The molecule has 1 rings (SSSR count). The fourth-order valence-electron chi connectivity index (χ4n) is 1.63. The quantitative estimate of drug-likeness (QED) is 0.367. The molecule has 0 spiro atoms. The van der Waals surface area contributed by atoms with Gasteiger partial charge in [0.15, 0.2) is 5.17 Å². The Labute approximate surface area is 89.6 Å². The summed E-state index contributed by atoms with van der Waals surface area (Å²) in [6.45, 7) is 1.98. The Kier molecular flexibility index (Phi) is 4.23. The van der Waals surface area contributed by atoms with Gasteiger partial charge in [-0.2, -0.15) is 5.26 Å².